The topological polar surface area (TPSA) is 73.3 Å². The predicted molar refractivity (Wildman–Crippen MR) is 77.1 cm³/mol. The lowest BCUT2D eigenvalue weighted by atomic mass is 10.0. The summed E-state index contributed by atoms with van der Waals surface area (Å²) in [5.74, 6) is 0.808. The van der Waals surface area contributed by atoms with Gasteiger partial charge in [0, 0.05) is 25.6 Å². The highest BCUT2D eigenvalue weighted by Crippen LogP contribution is 2.31. The Morgan fingerprint density at radius 2 is 2.16 bits per heavy atom. The van der Waals surface area contributed by atoms with Gasteiger partial charge in [0.25, 0.3) is 0 Å². The lowest BCUT2D eigenvalue weighted by molar-refractivity contribution is 0.222. The lowest BCUT2D eigenvalue weighted by Gasteiger charge is -2.28. The smallest absolute Gasteiger partial charge is 0.0924 e. The Kier molecular flexibility index (Phi) is 4.93. The number of amidine groups is 1. The molecule has 0 radical (unpaired) electrons. The summed E-state index contributed by atoms with van der Waals surface area (Å²) in [5, 5.41) is 16.6. The van der Waals surface area contributed by atoms with Crippen LogP contribution in [0.5, 0.6) is 0 Å². The number of aliphatic hydroxyl groups excluding tert-OH is 1. The second kappa shape index (κ2) is 6.68. The fraction of sp³-hybridized carbons (Fsp3) is 0.533. The van der Waals surface area contributed by atoms with Crippen molar-refractivity contribution < 1.29 is 5.11 Å². The second-order valence-corrected chi connectivity index (χ2v) is 5.32. The average Bonchev–Trinajstić information content (AvgIpc) is 2.86. The number of rotatable bonds is 6. The Bertz CT molecular complexity index is 407. The minimum Gasteiger partial charge on any atom is -0.396 e. The number of nitrogens with zero attached hydrogens (tertiary/aromatic N) is 1. The standard InChI is InChI=1S/C15H23N3O/c16-15(17)10-14(13-4-2-1-3-5-13)18-8-6-12(11-18)7-9-19/h1-5,12,14,19H,6-11H2,(H3,16,17). The number of aliphatic hydroxyl groups is 1. The summed E-state index contributed by atoms with van der Waals surface area (Å²) in [6.07, 6.45) is 2.58. The SMILES string of the molecule is N=C(N)CC(c1ccccc1)N1CCC(CCO)C1. The number of hydrogen-bond donors (Lipinski definition) is 3. The quantitative estimate of drug-likeness (QED) is 0.539. The maximum Gasteiger partial charge on any atom is 0.0924 e. The minimum atomic E-state index is 0.197. The zero-order chi connectivity index (χ0) is 13.7. The van der Waals surface area contributed by atoms with Crippen LogP contribution < -0.4 is 5.73 Å². The van der Waals surface area contributed by atoms with Crippen molar-refractivity contribution in [3.05, 3.63) is 35.9 Å². The van der Waals surface area contributed by atoms with Crippen molar-refractivity contribution in [1.29, 1.82) is 5.41 Å². The van der Waals surface area contributed by atoms with Crippen LogP contribution in [-0.4, -0.2) is 35.5 Å². The molecule has 1 aromatic carbocycles. The van der Waals surface area contributed by atoms with E-state index in [0.717, 1.165) is 25.9 Å². The highest BCUT2D eigenvalue weighted by atomic mass is 16.3. The molecule has 1 fully saturated rings. The van der Waals surface area contributed by atoms with Crippen molar-refractivity contribution in [1.82, 2.24) is 4.90 Å². The molecule has 4 nitrogen and oxygen atoms in total. The molecule has 1 aromatic rings. The van der Waals surface area contributed by atoms with Crippen molar-refractivity contribution in [2.24, 2.45) is 11.7 Å². The van der Waals surface area contributed by atoms with E-state index in [1.165, 1.54) is 5.56 Å². The summed E-state index contributed by atoms with van der Waals surface area (Å²) in [4.78, 5) is 2.40. The Labute approximate surface area is 114 Å². The summed E-state index contributed by atoms with van der Waals surface area (Å²) in [6.45, 7) is 2.28. The van der Waals surface area contributed by atoms with E-state index in [1.807, 2.05) is 18.2 Å². The molecule has 1 aliphatic heterocycles. The predicted octanol–water partition coefficient (Wildman–Crippen LogP) is 1.76. The van der Waals surface area contributed by atoms with Gasteiger partial charge in [-0.2, -0.15) is 0 Å². The zero-order valence-electron chi connectivity index (χ0n) is 11.3. The summed E-state index contributed by atoms with van der Waals surface area (Å²) < 4.78 is 0. The van der Waals surface area contributed by atoms with Gasteiger partial charge in [0.05, 0.1) is 5.84 Å². The Morgan fingerprint density at radius 1 is 1.42 bits per heavy atom. The van der Waals surface area contributed by atoms with E-state index in [2.05, 4.69) is 17.0 Å². The molecule has 1 saturated heterocycles. The summed E-state index contributed by atoms with van der Waals surface area (Å²) >= 11 is 0. The first-order chi connectivity index (χ1) is 9.20. The van der Waals surface area contributed by atoms with E-state index < -0.39 is 0 Å². The molecule has 2 unspecified atom stereocenters. The molecule has 0 saturated carbocycles. The van der Waals surface area contributed by atoms with Crippen molar-refractivity contribution in [2.45, 2.75) is 25.3 Å². The molecular formula is C15H23N3O. The average molecular weight is 261 g/mol. The van der Waals surface area contributed by atoms with Gasteiger partial charge in [0.15, 0.2) is 0 Å². The molecule has 2 rings (SSSR count). The normalized spacial score (nSPS) is 21.4. The van der Waals surface area contributed by atoms with Gasteiger partial charge in [-0.15, -0.1) is 0 Å². The lowest BCUT2D eigenvalue weighted by Crippen LogP contribution is -2.30. The number of benzene rings is 1. The highest BCUT2D eigenvalue weighted by Gasteiger charge is 2.29. The molecular weight excluding hydrogens is 238 g/mol. The van der Waals surface area contributed by atoms with E-state index in [-0.39, 0.29) is 18.5 Å². The first-order valence-corrected chi connectivity index (χ1v) is 6.93. The monoisotopic (exact) mass is 261 g/mol. The van der Waals surface area contributed by atoms with E-state index in [1.54, 1.807) is 0 Å². The fourth-order valence-electron chi connectivity index (χ4n) is 2.91. The molecule has 0 aliphatic carbocycles. The molecule has 0 spiro atoms. The number of nitrogens with two attached hydrogens (primary N) is 1. The maximum absolute atomic E-state index is 9.04. The van der Waals surface area contributed by atoms with Crippen molar-refractivity contribution >= 4 is 5.84 Å². The van der Waals surface area contributed by atoms with Gasteiger partial charge in [-0.1, -0.05) is 30.3 Å². The Balaban J connectivity index is 2.09. The summed E-state index contributed by atoms with van der Waals surface area (Å²) in [7, 11) is 0. The molecule has 104 valence electrons. The number of hydrogen-bond acceptors (Lipinski definition) is 3. The first-order valence-electron chi connectivity index (χ1n) is 6.93. The van der Waals surface area contributed by atoms with E-state index in [4.69, 9.17) is 16.2 Å². The Hall–Kier alpha value is -1.39. The van der Waals surface area contributed by atoms with Crippen LogP contribution in [0.25, 0.3) is 0 Å². The number of likely N-dealkylation sites (tertiary alicyclic amines) is 1. The van der Waals surface area contributed by atoms with Crippen LogP contribution >= 0.6 is 0 Å². The molecule has 2 atom stereocenters. The van der Waals surface area contributed by atoms with Crippen LogP contribution in [-0.2, 0) is 0 Å². The van der Waals surface area contributed by atoms with Crippen LogP contribution in [0.4, 0.5) is 0 Å². The molecule has 19 heavy (non-hydrogen) atoms. The molecule has 4 heteroatoms. The molecule has 0 aromatic heterocycles. The molecule has 0 amide bonds. The first kappa shape index (κ1) is 14.0. The third-order valence-corrected chi connectivity index (χ3v) is 3.89. The van der Waals surface area contributed by atoms with Gasteiger partial charge < -0.3 is 10.8 Å². The molecule has 1 aliphatic rings. The van der Waals surface area contributed by atoms with Gasteiger partial charge in [-0.25, -0.2) is 0 Å². The summed E-state index contributed by atoms with van der Waals surface area (Å²) in [6, 6.07) is 10.5. The van der Waals surface area contributed by atoms with Gasteiger partial charge >= 0.3 is 0 Å². The Morgan fingerprint density at radius 3 is 2.79 bits per heavy atom. The largest absolute Gasteiger partial charge is 0.396 e. The number of nitrogens with one attached hydrogen (secondary N) is 1. The van der Waals surface area contributed by atoms with Crippen molar-refractivity contribution in [3.8, 4) is 0 Å². The third-order valence-electron chi connectivity index (χ3n) is 3.89. The van der Waals surface area contributed by atoms with Crippen LogP contribution in [0.15, 0.2) is 30.3 Å². The molecule has 4 N–H and O–H groups in total. The van der Waals surface area contributed by atoms with Gasteiger partial charge in [-0.3, -0.25) is 10.3 Å². The van der Waals surface area contributed by atoms with Crippen LogP contribution in [0.1, 0.15) is 30.9 Å². The van der Waals surface area contributed by atoms with Gasteiger partial charge in [0.2, 0.25) is 0 Å². The minimum absolute atomic E-state index is 0.197. The van der Waals surface area contributed by atoms with Crippen LogP contribution in [0, 0.1) is 11.3 Å². The molecule has 0 bridgehead atoms. The van der Waals surface area contributed by atoms with E-state index in [0.29, 0.717) is 12.3 Å². The zero-order valence-corrected chi connectivity index (χ0v) is 11.3. The van der Waals surface area contributed by atoms with Crippen molar-refractivity contribution in [2.75, 3.05) is 19.7 Å². The van der Waals surface area contributed by atoms with Gasteiger partial charge in [-0.05, 0) is 30.9 Å². The maximum atomic E-state index is 9.04. The van der Waals surface area contributed by atoms with Crippen LogP contribution in [0.2, 0.25) is 0 Å². The second-order valence-electron chi connectivity index (χ2n) is 5.32. The third kappa shape index (κ3) is 3.78. The van der Waals surface area contributed by atoms with E-state index in [9.17, 15) is 0 Å². The van der Waals surface area contributed by atoms with E-state index >= 15 is 0 Å². The molecule has 1 heterocycles. The highest BCUT2D eigenvalue weighted by molar-refractivity contribution is 5.77. The summed E-state index contributed by atoms with van der Waals surface area (Å²) in [5.41, 5.74) is 6.83. The van der Waals surface area contributed by atoms with Crippen LogP contribution in [0.3, 0.4) is 0 Å². The van der Waals surface area contributed by atoms with Gasteiger partial charge in [0.1, 0.15) is 0 Å². The van der Waals surface area contributed by atoms with Crippen molar-refractivity contribution in [3.63, 3.8) is 0 Å². The fourth-order valence-corrected chi connectivity index (χ4v) is 2.91.